The molecule has 2 unspecified atom stereocenters. The lowest BCUT2D eigenvalue weighted by Gasteiger charge is -2.59. The van der Waals surface area contributed by atoms with Gasteiger partial charge < -0.3 is 20.1 Å². The minimum Gasteiger partial charge on any atom is -0.493 e. The van der Waals surface area contributed by atoms with Crippen LogP contribution in [0.5, 0.6) is 11.5 Å². The van der Waals surface area contributed by atoms with Crippen molar-refractivity contribution in [1.29, 1.82) is 5.26 Å². The van der Waals surface area contributed by atoms with Crippen molar-refractivity contribution >= 4 is 5.91 Å². The molecule has 1 aromatic rings. The first-order chi connectivity index (χ1) is 15.4. The first kappa shape index (κ1) is 22.5. The number of rotatable bonds is 8. The summed E-state index contributed by atoms with van der Waals surface area (Å²) >= 11 is 0. The Hall–Kier alpha value is -2.68. The predicted molar refractivity (Wildman–Crippen MR) is 123 cm³/mol. The number of ether oxygens (including phenoxy) is 2. The lowest BCUT2D eigenvalue weighted by molar-refractivity contribution is -0.117. The second kappa shape index (κ2) is 9.05. The van der Waals surface area contributed by atoms with E-state index < -0.39 is 0 Å². The summed E-state index contributed by atoms with van der Waals surface area (Å²) in [5.41, 5.74) is 1.30. The average Bonchev–Trinajstić information content (AvgIpc) is 2.77. The second-order valence-electron chi connectivity index (χ2n) is 10.1. The smallest absolute Gasteiger partial charge is 0.263 e. The maximum atomic E-state index is 12.8. The third kappa shape index (κ3) is 4.30. The molecule has 6 nitrogen and oxygen atoms in total. The minimum atomic E-state index is -0.375. The summed E-state index contributed by atoms with van der Waals surface area (Å²) in [5.74, 6) is 3.48. The average molecular weight is 438 g/mol. The molecular formula is C26H35N3O3. The lowest BCUT2D eigenvalue weighted by Crippen LogP contribution is -2.54. The lowest BCUT2D eigenvalue weighted by atomic mass is 9.48. The summed E-state index contributed by atoms with van der Waals surface area (Å²) in [4.78, 5) is 12.8. The second-order valence-corrected chi connectivity index (χ2v) is 10.1. The number of carbonyl (C=O) groups excluding carboxylic acids is 1. The molecule has 5 rings (SSSR count). The number of amides is 1. The summed E-state index contributed by atoms with van der Waals surface area (Å²) in [6.07, 6.45) is 9.69. The maximum Gasteiger partial charge on any atom is 0.263 e. The first-order valence-electron chi connectivity index (χ1n) is 11.8. The fourth-order valence-electron chi connectivity index (χ4n) is 6.72. The van der Waals surface area contributed by atoms with E-state index in [9.17, 15) is 10.1 Å². The Morgan fingerprint density at radius 1 is 1.09 bits per heavy atom. The Bertz CT molecular complexity index is 897. The summed E-state index contributed by atoms with van der Waals surface area (Å²) in [7, 11) is 3.17. The van der Waals surface area contributed by atoms with E-state index in [0.29, 0.717) is 16.9 Å². The van der Waals surface area contributed by atoms with Gasteiger partial charge in [-0.3, -0.25) is 4.79 Å². The number of benzene rings is 1. The van der Waals surface area contributed by atoms with Crippen molar-refractivity contribution < 1.29 is 14.3 Å². The molecule has 0 heterocycles. The molecule has 4 aliphatic carbocycles. The Labute approximate surface area is 191 Å². The zero-order chi connectivity index (χ0) is 22.9. The molecule has 4 bridgehead atoms. The molecule has 0 aliphatic heterocycles. The Kier molecular flexibility index (Phi) is 6.37. The summed E-state index contributed by atoms with van der Waals surface area (Å²) in [6, 6.07) is 7.59. The Morgan fingerprint density at radius 3 is 2.22 bits per heavy atom. The monoisotopic (exact) mass is 437 g/mol. The van der Waals surface area contributed by atoms with Crippen LogP contribution >= 0.6 is 0 Å². The minimum absolute atomic E-state index is 0.105. The molecule has 0 aromatic heterocycles. The zero-order valence-electron chi connectivity index (χ0n) is 19.6. The van der Waals surface area contributed by atoms with Crippen LogP contribution in [0.25, 0.3) is 0 Å². The molecule has 0 spiro atoms. The van der Waals surface area contributed by atoms with Crippen molar-refractivity contribution in [1.82, 2.24) is 10.6 Å². The highest BCUT2D eigenvalue weighted by molar-refractivity contribution is 5.97. The fraction of sp³-hybridized carbons (Fsp3) is 0.615. The topological polar surface area (TPSA) is 83.4 Å². The van der Waals surface area contributed by atoms with Gasteiger partial charge in [0.05, 0.1) is 20.3 Å². The van der Waals surface area contributed by atoms with Crippen LogP contribution in [0.3, 0.4) is 0 Å². The van der Waals surface area contributed by atoms with Crippen LogP contribution in [0.1, 0.15) is 64.0 Å². The molecule has 4 saturated carbocycles. The predicted octanol–water partition coefficient (Wildman–Crippen LogP) is 4.48. The van der Waals surface area contributed by atoms with Crippen LogP contribution in [-0.2, 0) is 4.79 Å². The third-order valence-electron chi connectivity index (χ3n) is 8.10. The standard InChI is InChI=1S/C26H35N3O3/c1-16(21-5-6-23(31-3)24(10-21)32-4)29-25(30)22(14-27)15-28-17(2)26-11-18-7-19(12-26)9-20(8-18)13-26/h5-6,10,15-20,28H,7-9,11-13H2,1-4H3,(H,29,30)/b22-15-. The number of hydrogen-bond donors (Lipinski definition) is 2. The van der Waals surface area contributed by atoms with E-state index in [0.717, 1.165) is 23.3 Å². The molecule has 6 heteroatoms. The summed E-state index contributed by atoms with van der Waals surface area (Å²) in [6.45, 7) is 4.11. The molecule has 32 heavy (non-hydrogen) atoms. The van der Waals surface area contributed by atoms with Crippen LogP contribution in [0.2, 0.25) is 0 Å². The van der Waals surface area contributed by atoms with Crippen LogP contribution in [0, 0.1) is 34.5 Å². The van der Waals surface area contributed by atoms with Gasteiger partial charge in [0.2, 0.25) is 0 Å². The molecular weight excluding hydrogens is 402 g/mol. The van der Waals surface area contributed by atoms with E-state index in [4.69, 9.17) is 9.47 Å². The van der Waals surface area contributed by atoms with Gasteiger partial charge in [-0.1, -0.05) is 6.07 Å². The third-order valence-corrected chi connectivity index (χ3v) is 8.10. The van der Waals surface area contributed by atoms with E-state index in [1.54, 1.807) is 20.4 Å². The van der Waals surface area contributed by atoms with Crippen LogP contribution in [0.15, 0.2) is 30.0 Å². The van der Waals surface area contributed by atoms with Gasteiger partial charge in [0.25, 0.3) is 5.91 Å². The van der Waals surface area contributed by atoms with Crippen LogP contribution in [0.4, 0.5) is 0 Å². The molecule has 4 aliphatic rings. The summed E-state index contributed by atoms with van der Waals surface area (Å²) in [5, 5.41) is 16.0. The number of carbonyl (C=O) groups is 1. The molecule has 2 atom stereocenters. The molecule has 2 N–H and O–H groups in total. The summed E-state index contributed by atoms with van der Waals surface area (Å²) < 4.78 is 10.6. The highest BCUT2D eigenvalue weighted by Crippen LogP contribution is 2.61. The van der Waals surface area contributed by atoms with Gasteiger partial charge in [0.15, 0.2) is 11.5 Å². The Morgan fingerprint density at radius 2 is 1.69 bits per heavy atom. The molecule has 0 saturated heterocycles. The van der Waals surface area contributed by atoms with Gasteiger partial charge in [-0.15, -0.1) is 0 Å². The maximum absolute atomic E-state index is 12.8. The molecule has 4 fully saturated rings. The van der Waals surface area contributed by atoms with Gasteiger partial charge in [-0.2, -0.15) is 5.26 Å². The van der Waals surface area contributed by atoms with E-state index in [-0.39, 0.29) is 23.6 Å². The van der Waals surface area contributed by atoms with Crippen molar-refractivity contribution in [2.75, 3.05) is 14.2 Å². The fourth-order valence-corrected chi connectivity index (χ4v) is 6.72. The van der Waals surface area contributed by atoms with Gasteiger partial charge in [-0.25, -0.2) is 0 Å². The van der Waals surface area contributed by atoms with Crippen molar-refractivity contribution in [3.05, 3.63) is 35.5 Å². The Balaban J connectivity index is 1.40. The number of nitrogens with zero attached hydrogens (tertiary/aromatic N) is 1. The van der Waals surface area contributed by atoms with E-state index >= 15 is 0 Å². The van der Waals surface area contributed by atoms with Gasteiger partial charge in [-0.05, 0) is 93.2 Å². The quantitative estimate of drug-likeness (QED) is 0.463. The molecule has 1 aromatic carbocycles. The number of nitrogens with one attached hydrogen (secondary N) is 2. The first-order valence-corrected chi connectivity index (χ1v) is 11.8. The largest absolute Gasteiger partial charge is 0.493 e. The van der Waals surface area contributed by atoms with Gasteiger partial charge in [0, 0.05) is 12.2 Å². The van der Waals surface area contributed by atoms with Gasteiger partial charge >= 0.3 is 0 Å². The van der Waals surface area contributed by atoms with Crippen molar-refractivity contribution in [2.45, 2.75) is 64.5 Å². The zero-order valence-corrected chi connectivity index (χ0v) is 19.6. The normalized spacial score (nSPS) is 30.2. The molecule has 0 radical (unpaired) electrons. The highest BCUT2D eigenvalue weighted by atomic mass is 16.5. The van der Waals surface area contributed by atoms with Crippen molar-refractivity contribution in [3.8, 4) is 17.6 Å². The van der Waals surface area contributed by atoms with E-state index in [2.05, 4.69) is 23.6 Å². The number of nitriles is 1. The van der Waals surface area contributed by atoms with Crippen molar-refractivity contribution in [3.63, 3.8) is 0 Å². The molecule has 1 amide bonds. The van der Waals surface area contributed by atoms with Gasteiger partial charge in [0.1, 0.15) is 11.6 Å². The van der Waals surface area contributed by atoms with E-state index in [1.165, 1.54) is 38.5 Å². The highest BCUT2D eigenvalue weighted by Gasteiger charge is 2.53. The van der Waals surface area contributed by atoms with Crippen molar-refractivity contribution in [2.24, 2.45) is 23.2 Å². The van der Waals surface area contributed by atoms with Crippen LogP contribution in [-0.4, -0.2) is 26.2 Å². The SMILES string of the molecule is COc1ccc(C(C)NC(=O)/C(C#N)=C\NC(C)C23CC4CC(CC(C4)C2)C3)cc1OC. The van der Waals surface area contributed by atoms with E-state index in [1.807, 2.05) is 25.1 Å². The number of hydrogen-bond acceptors (Lipinski definition) is 5. The molecule has 172 valence electrons. The number of methoxy groups -OCH3 is 2. The van der Waals surface area contributed by atoms with Crippen LogP contribution < -0.4 is 20.1 Å².